The Morgan fingerprint density at radius 1 is 1.07 bits per heavy atom. The van der Waals surface area contributed by atoms with Crippen LogP contribution in [0.15, 0.2) is 53.4 Å². The summed E-state index contributed by atoms with van der Waals surface area (Å²) in [6, 6.07) is 11.5. The molecule has 1 fully saturated rings. The predicted molar refractivity (Wildman–Crippen MR) is 106 cm³/mol. The van der Waals surface area contributed by atoms with Crippen LogP contribution in [-0.2, 0) is 6.54 Å². The number of halogens is 5. The van der Waals surface area contributed by atoms with Gasteiger partial charge in [-0.05, 0) is 50.1 Å². The van der Waals surface area contributed by atoms with Crippen molar-refractivity contribution >= 4 is 10.2 Å². The third-order valence-electron chi connectivity index (χ3n) is 4.95. The minimum absolute atomic E-state index is 0.00725. The largest absolute Gasteiger partial charge is 0.494 e. The quantitative estimate of drug-likeness (QED) is 0.498. The van der Waals surface area contributed by atoms with E-state index in [4.69, 9.17) is 4.74 Å². The van der Waals surface area contributed by atoms with Crippen molar-refractivity contribution in [1.82, 2.24) is 10.6 Å². The summed E-state index contributed by atoms with van der Waals surface area (Å²) < 4.78 is 71.6. The molecule has 1 heterocycles. The van der Waals surface area contributed by atoms with Gasteiger partial charge in [0, 0.05) is 24.2 Å². The van der Waals surface area contributed by atoms with E-state index in [2.05, 4.69) is 10.6 Å². The van der Waals surface area contributed by atoms with Crippen molar-refractivity contribution in [2.24, 2.45) is 0 Å². The van der Waals surface area contributed by atoms with Gasteiger partial charge in [-0.3, -0.25) is 0 Å². The molecular formula is C20H25F5N2OS. The average Bonchev–Trinajstić information content (AvgIpc) is 2.66. The highest BCUT2D eigenvalue weighted by Crippen LogP contribution is 3.02. The van der Waals surface area contributed by atoms with E-state index < -0.39 is 15.1 Å². The lowest BCUT2D eigenvalue weighted by atomic mass is 9.92. The molecule has 0 saturated carbocycles. The Morgan fingerprint density at radius 3 is 2.45 bits per heavy atom. The van der Waals surface area contributed by atoms with E-state index in [0.29, 0.717) is 12.1 Å². The molecule has 0 radical (unpaired) electrons. The predicted octanol–water partition coefficient (Wildman–Crippen LogP) is 6.33. The first-order chi connectivity index (χ1) is 13.5. The summed E-state index contributed by atoms with van der Waals surface area (Å²) in [6.45, 7) is 2.74. The Hall–Kier alpha value is -1.84. The molecule has 0 spiro atoms. The fraction of sp³-hybridized carbons (Fsp3) is 0.400. The van der Waals surface area contributed by atoms with Gasteiger partial charge < -0.3 is 15.4 Å². The minimum atomic E-state index is -9.76. The molecule has 0 amide bonds. The molecule has 29 heavy (non-hydrogen) atoms. The standard InChI is InChI=1S/C20H25F5N2OS/c1-2-28-19-11-10-17(29(21,22,23,24)25)13-16(19)14-27-18-9-6-12-26-20(18)15-7-4-3-5-8-15/h3-5,7-8,10-11,13,18,20,26-27H,2,6,9,12,14H2,1H3/t18-,20-/m0/s1. The van der Waals surface area contributed by atoms with E-state index >= 15 is 0 Å². The first-order valence-corrected chi connectivity index (χ1v) is 11.4. The van der Waals surface area contributed by atoms with Gasteiger partial charge in [-0.25, -0.2) is 0 Å². The highest BCUT2D eigenvalue weighted by molar-refractivity contribution is 8.45. The highest BCUT2D eigenvalue weighted by atomic mass is 32.5. The molecule has 1 aliphatic heterocycles. The van der Waals surface area contributed by atoms with Gasteiger partial charge >= 0.3 is 10.2 Å². The summed E-state index contributed by atoms with van der Waals surface area (Å²) in [5, 5.41) is 6.67. The molecule has 3 nitrogen and oxygen atoms in total. The minimum Gasteiger partial charge on any atom is -0.494 e. The SMILES string of the molecule is CCOc1ccc(S(F)(F)(F)(F)F)cc1CN[C@H]1CCCN[C@H]1c1ccccc1. The molecule has 2 aromatic carbocycles. The molecule has 162 valence electrons. The number of benzene rings is 2. The van der Waals surface area contributed by atoms with Crippen LogP contribution in [0.2, 0.25) is 0 Å². The van der Waals surface area contributed by atoms with E-state index in [9.17, 15) is 19.4 Å². The fourth-order valence-corrected chi connectivity index (χ4v) is 4.28. The number of hydrogen-bond donors (Lipinski definition) is 2. The van der Waals surface area contributed by atoms with Crippen LogP contribution in [0.25, 0.3) is 0 Å². The first-order valence-electron chi connectivity index (χ1n) is 9.49. The number of hydrogen-bond acceptors (Lipinski definition) is 3. The first kappa shape index (κ1) is 21.9. The van der Waals surface area contributed by atoms with E-state index in [-0.39, 0.29) is 36.5 Å². The van der Waals surface area contributed by atoms with Crippen LogP contribution in [0.1, 0.15) is 36.9 Å². The fourth-order valence-electron chi connectivity index (χ4n) is 3.59. The lowest BCUT2D eigenvalue weighted by Crippen LogP contribution is -2.45. The van der Waals surface area contributed by atoms with Gasteiger partial charge in [-0.1, -0.05) is 49.8 Å². The molecule has 2 atom stereocenters. The van der Waals surface area contributed by atoms with Gasteiger partial charge in [0.2, 0.25) is 0 Å². The third-order valence-corrected chi connectivity index (χ3v) is 6.09. The van der Waals surface area contributed by atoms with E-state index in [1.54, 1.807) is 6.92 Å². The second kappa shape index (κ2) is 7.45. The Kier molecular flexibility index (Phi) is 5.61. The molecule has 0 unspecified atom stereocenters. The normalized spacial score (nSPS) is 22.6. The molecular weight excluding hydrogens is 411 g/mol. The van der Waals surface area contributed by atoms with Crippen LogP contribution in [0.4, 0.5) is 19.4 Å². The maximum absolute atomic E-state index is 13.3. The number of nitrogens with one attached hydrogen (secondary N) is 2. The summed E-state index contributed by atoms with van der Waals surface area (Å²) in [5.74, 6) is 0.172. The molecule has 0 aromatic heterocycles. The van der Waals surface area contributed by atoms with E-state index in [1.807, 2.05) is 30.3 Å². The average molecular weight is 436 g/mol. The molecule has 3 rings (SSSR count). The van der Waals surface area contributed by atoms with Gasteiger partial charge in [0.25, 0.3) is 0 Å². The van der Waals surface area contributed by atoms with Gasteiger partial charge in [-0.15, -0.1) is 0 Å². The van der Waals surface area contributed by atoms with Crippen molar-refractivity contribution in [2.75, 3.05) is 13.2 Å². The van der Waals surface area contributed by atoms with Gasteiger partial charge in [0.15, 0.2) is 0 Å². The Morgan fingerprint density at radius 2 is 1.79 bits per heavy atom. The summed E-state index contributed by atoms with van der Waals surface area (Å²) >= 11 is 0. The smallest absolute Gasteiger partial charge is 0.310 e. The van der Waals surface area contributed by atoms with Crippen LogP contribution in [0.3, 0.4) is 0 Å². The van der Waals surface area contributed by atoms with Crippen molar-refractivity contribution < 1.29 is 24.2 Å². The number of piperidine rings is 1. The van der Waals surface area contributed by atoms with Crippen molar-refractivity contribution in [3.05, 3.63) is 59.7 Å². The molecule has 1 aliphatic rings. The molecule has 0 aliphatic carbocycles. The molecule has 2 N–H and O–H groups in total. The molecule has 9 heteroatoms. The van der Waals surface area contributed by atoms with Gasteiger partial charge in [-0.2, -0.15) is 0 Å². The maximum atomic E-state index is 13.3. The Balaban J connectivity index is 1.84. The lowest BCUT2D eigenvalue weighted by molar-refractivity contribution is 0.299. The zero-order valence-electron chi connectivity index (χ0n) is 16.0. The van der Waals surface area contributed by atoms with Crippen LogP contribution in [0, 0.1) is 0 Å². The Labute approximate surface area is 167 Å². The van der Waals surface area contributed by atoms with Gasteiger partial charge in [0.05, 0.1) is 6.61 Å². The van der Waals surface area contributed by atoms with Crippen LogP contribution in [-0.4, -0.2) is 19.2 Å². The summed E-state index contributed by atoms with van der Waals surface area (Å²) in [4.78, 5) is -1.90. The maximum Gasteiger partial charge on any atom is 0.310 e. The Bertz CT molecular complexity index is 846. The van der Waals surface area contributed by atoms with E-state index in [1.165, 1.54) is 0 Å². The van der Waals surface area contributed by atoms with Crippen LogP contribution in [0.5, 0.6) is 5.75 Å². The molecule has 1 saturated heterocycles. The summed E-state index contributed by atoms with van der Waals surface area (Å²) in [7, 11) is -9.76. The topological polar surface area (TPSA) is 33.3 Å². The van der Waals surface area contributed by atoms with Crippen molar-refractivity contribution in [3.8, 4) is 5.75 Å². The third kappa shape index (κ3) is 5.61. The lowest BCUT2D eigenvalue weighted by Gasteiger charge is -2.41. The van der Waals surface area contributed by atoms with E-state index in [0.717, 1.165) is 31.0 Å². The molecule has 2 aromatic rings. The number of rotatable bonds is 7. The zero-order chi connectivity index (χ0) is 21.2. The second-order valence-electron chi connectivity index (χ2n) is 7.14. The van der Waals surface area contributed by atoms with Crippen LogP contribution < -0.4 is 15.4 Å². The summed E-state index contributed by atoms with van der Waals surface area (Å²) in [6.07, 6.45) is 1.72. The monoisotopic (exact) mass is 436 g/mol. The number of ether oxygens (including phenoxy) is 1. The van der Waals surface area contributed by atoms with Crippen LogP contribution >= 0.6 is 10.2 Å². The second-order valence-corrected chi connectivity index (χ2v) is 9.55. The highest BCUT2D eigenvalue weighted by Gasteiger charge is 2.65. The van der Waals surface area contributed by atoms with Crippen molar-refractivity contribution in [2.45, 2.75) is 43.3 Å². The van der Waals surface area contributed by atoms with Crippen molar-refractivity contribution in [3.63, 3.8) is 0 Å². The zero-order valence-corrected chi connectivity index (χ0v) is 16.8. The summed E-state index contributed by atoms with van der Waals surface area (Å²) in [5.41, 5.74) is 1.13. The molecule has 0 bridgehead atoms. The van der Waals surface area contributed by atoms with Gasteiger partial charge in [0.1, 0.15) is 10.6 Å². The van der Waals surface area contributed by atoms with Crippen molar-refractivity contribution in [1.29, 1.82) is 0 Å².